The van der Waals surface area contributed by atoms with Crippen LogP contribution in [-0.4, -0.2) is 28.0 Å². The van der Waals surface area contributed by atoms with Crippen molar-refractivity contribution in [1.82, 2.24) is 4.72 Å². The number of anilines is 1. The molecule has 6 nitrogen and oxygen atoms in total. The second kappa shape index (κ2) is 7.86. The lowest BCUT2D eigenvalue weighted by Gasteiger charge is -2.12. The van der Waals surface area contributed by atoms with Crippen molar-refractivity contribution < 1.29 is 17.9 Å². The summed E-state index contributed by atoms with van der Waals surface area (Å²) in [4.78, 5) is 12.2. The van der Waals surface area contributed by atoms with Gasteiger partial charge in [0.05, 0.1) is 24.2 Å². The summed E-state index contributed by atoms with van der Waals surface area (Å²) < 4.78 is 32.0. The van der Waals surface area contributed by atoms with E-state index in [9.17, 15) is 13.2 Å². The molecule has 0 unspecified atom stereocenters. The summed E-state index contributed by atoms with van der Waals surface area (Å²) in [5.74, 6) is -0.109. The number of ether oxygens (including phenoxy) is 1. The highest BCUT2D eigenvalue weighted by molar-refractivity contribution is 7.89. The van der Waals surface area contributed by atoms with Gasteiger partial charge in [0, 0.05) is 5.02 Å². The second-order valence-corrected chi connectivity index (χ2v) is 7.67. The third-order valence-electron chi connectivity index (χ3n) is 3.65. The molecule has 2 aromatic carbocycles. The fraction of sp³-hybridized carbons (Fsp3) is 0.235. The Morgan fingerprint density at radius 1 is 1.12 bits per heavy atom. The molecule has 0 saturated heterocycles. The van der Waals surface area contributed by atoms with Crippen LogP contribution in [0.5, 0.6) is 5.75 Å². The van der Waals surface area contributed by atoms with Gasteiger partial charge < -0.3 is 10.1 Å². The Hall–Kier alpha value is -2.09. The molecule has 2 rings (SSSR count). The van der Waals surface area contributed by atoms with Crippen molar-refractivity contribution in [1.29, 1.82) is 0 Å². The number of carbonyl (C=O) groups is 1. The molecule has 2 N–H and O–H groups in total. The normalized spacial score (nSPS) is 11.2. The van der Waals surface area contributed by atoms with E-state index in [1.54, 1.807) is 24.3 Å². The minimum absolute atomic E-state index is 0.115. The van der Waals surface area contributed by atoms with Crippen LogP contribution in [0.25, 0.3) is 0 Å². The van der Waals surface area contributed by atoms with Crippen molar-refractivity contribution in [3.8, 4) is 5.75 Å². The summed E-state index contributed by atoms with van der Waals surface area (Å²) in [6, 6.07) is 9.55. The number of hydrogen-bond donors (Lipinski definition) is 2. The summed E-state index contributed by atoms with van der Waals surface area (Å²) in [5, 5.41) is 2.99. The van der Waals surface area contributed by atoms with E-state index >= 15 is 0 Å². The Labute approximate surface area is 152 Å². The van der Waals surface area contributed by atoms with Gasteiger partial charge in [-0.15, -0.1) is 0 Å². The first-order valence-electron chi connectivity index (χ1n) is 7.43. The molecule has 0 aliphatic carbocycles. The smallest absolute Gasteiger partial charge is 0.241 e. The summed E-state index contributed by atoms with van der Waals surface area (Å²) >= 11 is 5.90. The number of hydrogen-bond acceptors (Lipinski definition) is 4. The van der Waals surface area contributed by atoms with Crippen molar-refractivity contribution in [2.75, 3.05) is 19.0 Å². The number of aryl methyl sites for hydroxylation is 2. The molecule has 0 fully saturated rings. The van der Waals surface area contributed by atoms with Crippen LogP contribution in [0.1, 0.15) is 11.1 Å². The SMILES string of the molecule is COc1ccc(Cl)cc1NC(=O)CNS(=O)(=O)c1ccc(C)c(C)c1. The molecule has 1 amide bonds. The van der Waals surface area contributed by atoms with Crippen molar-refractivity contribution in [3.63, 3.8) is 0 Å². The first-order valence-corrected chi connectivity index (χ1v) is 9.29. The molecule has 0 aliphatic heterocycles. The number of amides is 1. The number of rotatable bonds is 6. The molecule has 0 atom stereocenters. The van der Waals surface area contributed by atoms with E-state index in [0.717, 1.165) is 11.1 Å². The van der Waals surface area contributed by atoms with Crippen LogP contribution in [0.4, 0.5) is 5.69 Å². The zero-order chi connectivity index (χ0) is 18.6. The van der Waals surface area contributed by atoms with Crippen LogP contribution in [0.2, 0.25) is 5.02 Å². The molecule has 0 aromatic heterocycles. The standard InChI is InChI=1S/C17H19ClN2O4S/c1-11-4-6-14(8-12(11)2)25(22,23)19-10-17(21)20-15-9-13(18)5-7-16(15)24-3/h4-9,19H,10H2,1-3H3,(H,20,21). The van der Waals surface area contributed by atoms with Gasteiger partial charge in [-0.1, -0.05) is 17.7 Å². The zero-order valence-corrected chi connectivity index (χ0v) is 15.7. The van der Waals surface area contributed by atoms with Crippen LogP contribution in [-0.2, 0) is 14.8 Å². The Kier molecular flexibility index (Phi) is 6.05. The number of sulfonamides is 1. The quantitative estimate of drug-likeness (QED) is 0.804. The first kappa shape index (κ1) is 19.2. The molecule has 0 spiro atoms. The van der Waals surface area contributed by atoms with E-state index in [-0.39, 0.29) is 4.90 Å². The molecular weight excluding hydrogens is 364 g/mol. The van der Waals surface area contributed by atoms with Gasteiger partial charge >= 0.3 is 0 Å². The fourth-order valence-electron chi connectivity index (χ4n) is 2.10. The minimum atomic E-state index is -3.78. The minimum Gasteiger partial charge on any atom is -0.495 e. The summed E-state index contributed by atoms with van der Waals surface area (Å²) in [5.41, 5.74) is 2.21. The van der Waals surface area contributed by atoms with Crippen LogP contribution in [0.15, 0.2) is 41.3 Å². The largest absolute Gasteiger partial charge is 0.495 e. The monoisotopic (exact) mass is 382 g/mol. The molecule has 0 aliphatic rings. The van der Waals surface area contributed by atoms with Gasteiger partial charge in [-0.2, -0.15) is 0 Å². The predicted molar refractivity (Wildman–Crippen MR) is 97.7 cm³/mol. The number of benzene rings is 2. The molecule has 25 heavy (non-hydrogen) atoms. The Bertz CT molecular complexity index is 898. The lowest BCUT2D eigenvalue weighted by molar-refractivity contribution is -0.115. The number of carbonyl (C=O) groups excluding carboxylic acids is 1. The molecule has 134 valence electrons. The lowest BCUT2D eigenvalue weighted by Crippen LogP contribution is -2.33. The summed E-state index contributed by atoms with van der Waals surface area (Å²) in [6.07, 6.45) is 0. The third-order valence-corrected chi connectivity index (χ3v) is 5.28. The second-order valence-electron chi connectivity index (χ2n) is 5.46. The Balaban J connectivity index is 2.06. The van der Waals surface area contributed by atoms with Gasteiger partial charge in [0.2, 0.25) is 15.9 Å². The van der Waals surface area contributed by atoms with Gasteiger partial charge in [0.25, 0.3) is 0 Å². The van der Waals surface area contributed by atoms with Gasteiger partial charge in [-0.3, -0.25) is 4.79 Å². The maximum Gasteiger partial charge on any atom is 0.241 e. The van der Waals surface area contributed by atoms with Crippen LogP contribution in [0, 0.1) is 13.8 Å². The highest BCUT2D eigenvalue weighted by Gasteiger charge is 2.17. The predicted octanol–water partition coefficient (Wildman–Crippen LogP) is 2.88. The van der Waals surface area contributed by atoms with Gasteiger partial charge in [0.1, 0.15) is 5.75 Å². The Morgan fingerprint density at radius 2 is 1.84 bits per heavy atom. The molecule has 0 saturated carbocycles. The molecule has 0 heterocycles. The molecule has 8 heteroatoms. The number of halogens is 1. The number of methoxy groups -OCH3 is 1. The van der Waals surface area contributed by atoms with E-state index in [0.29, 0.717) is 16.5 Å². The van der Waals surface area contributed by atoms with E-state index in [2.05, 4.69) is 10.0 Å². The van der Waals surface area contributed by atoms with Crippen LogP contribution < -0.4 is 14.8 Å². The summed E-state index contributed by atoms with van der Waals surface area (Å²) in [6.45, 7) is 3.31. The fourth-order valence-corrected chi connectivity index (χ4v) is 3.34. The van der Waals surface area contributed by atoms with Crippen molar-refractivity contribution >= 4 is 33.2 Å². The first-order chi connectivity index (χ1) is 11.7. The third kappa shape index (κ3) is 4.94. The van der Waals surface area contributed by atoms with Crippen molar-refractivity contribution in [2.24, 2.45) is 0 Å². The highest BCUT2D eigenvalue weighted by atomic mass is 35.5. The van der Waals surface area contributed by atoms with Crippen molar-refractivity contribution in [2.45, 2.75) is 18.7 Å². The maximum atomic E-state index is 12.3. The molecule has 0 bridgehead atoms. The van der Waals surface area contributed by atoms with Gasteiger partial charge in [-0.25, -0.2) is 13.1 Å². The highest BCUT2D eigenvalue weighted by Crippen LogP contribution is 2.27. The Morgan fingerprint density at radius 3 is 2.48 bits per heavy atom. The van der Waals surface area contributed by atoms with Crippen LogP contribution in [0.3, 0.4) is 0 Å². The topological polar surface area (TPSA) is 84.5 Å². The van der Waals surface area contributed by atoms with E-state index in [1.807, 2.05) is 13.8 Å². The van der Waals surface area contributed by atoms with Gasteiger partial charge in [-0.05, 0) is 55.3 Å². The summed E-state index contributed by atoms with van der Waals surface area (Å²) in [7, 11) is -2.32. The van der Waals surface area contributed by atoms with Gasteiger partial charge in [0.15, 0.2) is 0 Å². The maximum absolute atomic E-state index is 12.3. The number of nitrogens with one attached hydrogen (secondary N) is 2. The molecule has 2 aromatic rings. The van der Waals surface area contributed by atoms with Crippen molar-refractivity contribution in [3.05, 3.63) is 52.5 Å². The van der Waals surface area contributed by atoms with E-state index < -0.39 is 22.5 Å². The molecular formula is C17H19ClN2O4S. The van der Waals surface area contributed by atoms with E-state index in [1.165, 1.54) is 19.2 Å². The van der Waals surface area contributed by atoms with E-state index in [4.69, 9.17) is 16.3 Å². The zero-order valence-electron chi connectivity index (χ0n) is 14.1. The average molecular weight is 383 g/mol. The van der Waals surface area contributed by atoms with Crippen LogP contribution >= 0.6 is 11.6 Å². The lowest BCUT2D eigenvalue weighted by atomic mass is 10.1. The molecule has 0 radical (unpaired) electrons. The average Bonchev–Trinajstić information content (AvgIpc) is 2.56.